The van der Waals surface area contributed by atoms with Gasteiger partial charge in [0.15, 0.2) is 11.6 Å². The molecular formula is C112H72N6. The number of para-hydroxylation sites is 2. The molecule has 3 aromatic heterocycles. The maximum Gasteiger partial charge on any atom is 0.238 e. The molecule has 3 heterocycles. The number of hydrogen-bond acceptors (Lipinski definition) is 4. The number of hydrogen-bond donors (Lipinski definition) is 0. The van der Waals surface area contributed by atoms with E-state index in [-0.39, 0.29) is 0 Å². The Morgan fingerprint density at radius 3 is 1.24 bits per heavy atom. The highest BCUT2D eigenvalue weighted by Crippen LogP contribution is 2.66. The lowest BCUT2D eigenvalue weighted by atomic mass is 9.70. The van der Waals surface area contributed by atoms with Gasteiger partial charge in [-0.15, -0.1) is 0 Å². The fraction of sp³-hybridized carbons (Fsp3) is 0.00893. The minimum atomic E-state index is -0.820. The monoisotopic (exact) mass is 1500 g/mol. The van der Waals surface area contributed by atoms with Crippen LogP contribution in [0.1, 0.15) is 22.3 Å². The second-order valence-electron chi connectivity index (χ2n) is 30.9. The lowest BCUT2D eigenvalue weighted by Crippen LogP contribution is -2.26. The first-order valence-corrected chi connectivity index (χ1v) is 40.5. The van der Waals surface area contributed by atoms with Gasteiger partial charge in [-0.3, -0.25) is 4.57 Å². The van der Waals surface area contributed by atoms with Gasteiger partial charge < -0.3 is 9.47 Å². The number of nitrogens with zero attached hydrogens (tertiary/aromatic N) is 6. The molecule has 18 aromatic carbocycles. The van der Waals surface area contributed by atoms with Gasteiger partial charge in [0.05, 0.1) is 33.2 Å². The highest BCUT2D eigenvalue weighted by molar-refractivity contribution is 6.17. The zero-order valence-electron chi connectivity index (χ0n) is 64.3. The van der Waals surface area contributed by atoms with Crippen molar-refractivity contribution in [2.24, 2.45) is 0 Å². The van der Waals surface area contributed by atoms with Crippen LogP contribution >= 0.6 is 0 Å². The van der Waals surface area contributed by atoms with Gasteiger partial charge in [-0.2, -0.15) is 9.97 Å². The Morgan fingerprint density at radius 1 is 0.220 bits per heavy atom. The van der Waals surface area contributed by atoms with E-state index in [4.69, 9.17) is 15.0 Å². The van der Waals surface area contributed by atoms with Gasteiger partial charge in [-0.1, -0.05) is 346 Å². The molecule has 6 heteroatoms. The molecule has 0 aliphatic heterocycles. The average Bonchev–Trinajstić information content (AvgIpc) is 1.49. The summed E-state index contributed by atoms with van der Waals surface area (Å²) in [7, 11) is 0. The van der Waals surface area contributed by atoms with Crippen LogP contribution in [0.15, 0.2) is 437 Å². The zero-order chi connectivity index (χ0) is 77.8. The standard InChI is InChI=1S/C112H72N6/c1-7-29-73(30-8-1)76-53-59-87(60-54-76)116(102-51-25-21-43-90(102)77-35-13-4-14-36-77)88-61-55-78(56-62-88)91-47-28-50-101-106(91)96-46-20-24-49-100(96)112(101)99-48-23-19-44-92(99)94-63-64-95-98-72-83(58-66-105(98)118(108(95)107(94)112)111-114-109(79-37-15-5-16-38-79)113-110(115-111)80-39-17-6-18-40-80)82-57-65-104-97(71-82)93-45-22-26-52-103(93)117(104)89-42-27-41-81(70-89)86-68-84(74-31-9-2-10-32-74)67-85(69-86)75-33-11-3-12-34-75/h1-72H. The summed E-state index contributed by atoms with van der Waals surface area (Å²) in [4.78, 5) is 19.0. The first-order valence-electron chi connectivity index (χ1n) is 40.5. The smallest absolute Gasteiger partial charge is 0.238 e. The van der Waals surface area contributed by atoms with Crippen molar-refractivity contribution in [1.82, 2.24) is 24.1 Å². The summed E-state index contributed by atoms with van der Waals surface area (Å²) < 4.78 is 4.82. The van der Waals surface area contributed by atoms with Crippen molar-refractivity contribution in [2.45, 2.75) is 5.41 Å². The predicted molar refractivity (Wildman–Crippen MR) is 488 cm³/mol. The van der Waals surface area contributed by atoms with Gasteiger partial charge in [-0.25, -0.2) is 4.98 Å². The van der Waals surface area contributed by atoms with E-state index in [0.717, 1.165) is 111 Å². The van der Waals surface area contributed by atoms with Crippen LogP contribution in [0.2, 0.25) is 0 Å². The van der Waals surface area contributed by atoms with Crippen LogP contribution in [0.4, 0.5) is 17.1 Å². The van der Waals surface area contributed by atoms with E-state index in [1.54, 1.807) is 0 Å². The fourth-order valence-corrected chi connectivity index (χ4v) is 19.1. The number of anilines is 3. The van der Waals surface area contributed by atoms with Crippen LogP contribution in [0.25, 0.3) is 178 Å². The predicted octanol–water partition coefficient (Wildman–Crippen LogP) is 28.9. The molecular weight excluding hydrogens is 1430 g/mol. The zero-order valence-corrected chi connectivity index (χ0v) is 64.3. The number of benzene rings is 18. The Bertz CT molecular complexity index is 7390. The third kappa shape index (κ3) is 11.1. The van der Waals surface area contributed by atoms with E-state index in [9.17, 15) is 0 Å². The van der Waals surface area contributed by atoms with Crippen LogP contribution in [-0.4, -0.2) is 24.1 Å². The van der Waals surface area contributed by atoms with Crippen LogP contribution in [0.5, 0.6) is 0 Å². The van der Waals surface area contributed by atoms with Crippen molar-refractivity contribution in [3.8, 4) is 135 Å². The van der Waals surface area contributed by atoms with E-state index in [2.05, 4.69) is 439 Å². The molecule has 0 N–H and O–H groups in total. The molecule has 0 bridgehead atoms. The van der Waals surface area contributed by atoms with Gasteiger partial charge in [0.25, 0.3) is 0 Å². The van der Waals surface area contributed by atoms with Gasteiger partial charge in [-0.05, 0) is 202 Å². The number of rotatable bonds is 14. The van der Waals surface area contributed by atoms with E-state index >= 15 is 0 Å². The van der Waals surface area contributed by atoms with Gasteiger partial charge >= 0.3 is 0 Å². The molecule has 2 aliphatic carbocycles. The summed E-state index contributed by atoms with van der Waals surface area (Å²) in [5.74, 6) is 1.71. The van der Waals surface area contributed by atoms with E-state index < -0.39 is 5.41 Å². The Kier molecular flexibility index (Phi) is 16.1. The molecule has 2 aliphatic rings. The molecule has 1 spiro atoms. The van der Waals surface area contributed by atoms with Crippen LogP contribution in [0, 0.1) is 0 Å². The maximum absolute atomic E-state index is 5.66. The molecule has 550 valence electrons. The molecule has 0 saturated carbocycles. The number of fused-ring (bicyclic) bond motifs is 17. The van der Waals surface area contributed by atoms with Crippen LogP contribution in [0.3, 0.4) is 0 Å². The molecule has 118 heavy (non-hydrogen) atoms. The topological polar surface area (TPSA) is 51.8 Å². The van der Waals surface area contributed by atoms with Crippen LogP contribution < -0.4 is 4.90 Å². The maximum atomic E-state index is 5.66. The average molecular weight is 1500 g/mol. The second-order valence-corrected chi connectivity index (χ2v) is 30.9. The highest BCUT2D eigenvalue weighted by Gasteiger charge is 2.54. The Labute approximate surface area is 684 Å². The van der Waals surface area contributed by atoms with Crippen molar-refractivity contribution in [3.63, 3.8) is 0 Å². The van der Waals surface area contributed by atoms with E-state index in [0.29, 0.717) is 17.6 Å². The minimum Gasteiger partial charge on any atom is -0.310 e. The second kappa shape index (κ2) is 27.9. The lowest BCUT2D eigenvalue weighted by Gasteiger charge is -2.31. The molecule has 0 fully saturated rings. The Morgan fingerprint density at radius 2 is 0.627 bits per heavy atom. The summed E-state index contributed by atoms with van der Waals surface area (Å²) in [5.41, 5.74) is 35.4. The molecule has 21 aromatic rings. The molecule has 0 saturated heterocycles. The van der Waals surface area contributed by atoms with Gasteiger partial charge in [0, 0.05) is 60.9 Å². The quantitative estimate of drug-likeness (QED) is 0.109. The summed E-state index contributed by atoms with van der Waals surface area (Å²) in [6, 6.07) is 160. The van der Waals surface area contributed by atoms with Crippen molar-refractivity contribution in [3.05, 3.63) is 459 Å². The van der Waals surface area contributed by atoms with Gasteiger partial charge in [0.1, 0.15) is 0 Å². The molecule has 1 unspecified atom stereocenters. The van der Waals surface area contributed by atoms with Crippen molar-refractivity contribution in [1.29, 1.82) is 0 Å². The third-order valence-electron chi connectivity index (χ3n) is 24.4. The summed E-state index contributed by atoms with van der Waals surface area (Å²) >= 11 is 0. The van der Waals surface area contributed by atoms with Crippen molar-refractivity contribution >= 4 is 60.7 Å². The van der Waals surface area contributed by atoms with Crippen molar-refractivity contribution in [2.75, 3.05) is 4.90 Å². The first kappa shape index (κ1) is 68.0. The van der Waals surface area contributed by atoms with Gasteiger partial charge in [0.2, 0.25) is 5.95 Å². The SMILES string of the molecule is c1ccc(-c2ccc(N(c3ccc(-c4cccc5c4-c4ccccc4C54c5ccccc5-c5ccc6c7cc(-c8ccc9c(c8)c8ccccc8n9-c8cccc(-c9cc(-c%10ccccc%10)cc(-c%10ccccc%10)c9)c8)ccc7n(-c7nc(-c8ccccc8)nc(-c8ccccc8)n7)c6c54)cc3)c3ccccc3-c3ccccc3)cc2)cc1. The van der Waals surface area contributed by atoms with Crippen LogP contribution in [-0.2, 0) is 5.41 Å². The molecule has 1 atom stereocenters. The Balaban J connectivity index is 0.709. The normalized spacial score (nSPS) is 13.1. The summed E-state index contributed by atoms with van der Waals surface area (Å²) in [6.07, 6.45) is 0. The first-order chi connectivity index (χ1) is 58.5. The largest absolute Gasteiger partial charge is 0.310 e. The third-order valence-corrected chi connectivity index (χ3v) is 24.4. The fourth-order valence-electron chi connectivity index (χ4n) is 19.1. The molecule has 0 amide bonds. The summed E-state index contributed by atoms with van der Waals surface area (Å²) in [5, 5.41) is 4.54. The minimum absolute atomic E-state index is 0.534. The molecule has 6 nitrogen and oxygen atoms in total. The summed E-state index contributed by atoms with van der Waals surface area (Å²) in [6.45, 7) is 0. The van der Waals surface area contributed by atoms with Crippen molar-refractivity contribution < 1.29 is 0 Å². The molecule has 0 radical (unpaired) electrons. The van der Waals surface area contributed by atoms with E-state index in [1.807, 2.05) is 12.1 Å². The number of aromatic nitrogens is 5. The Hall–Kier alpha value is -15.6. The molecule has 23 rings (SSSR count). The van der Waals surface area contributed by atoms with E-state index in [1.165, 1.54) is 88.7 Å². The lowest BCUT2D eigenvalue weighted by molar-refractivity contribution is 0.795. The highest BCUT2D eigenvalue weighted by atomic mass is 15.2.